The molecule has 0 aliphatic rings. The highest BCUT2D eigenvalue weighted by Gasteiger charge is 2.19. The number of benzene rings is 3. The molecule has 0 aromatic heterocycles. The van der Waals surface area contributed by atoms with Crippen LogP contribution in [0.15, 0.2) is 82.2 Å². The van der Waals surface area contributed by atoms with Gasteiger partial charge in [-0.2, -0.15) is 0 Å². The summed E-state index contributed by atoms with van der Waals surface area (Å²) in [6.07, 6.45) is 0.643. The minimum atomic E-state index is -0.224. The lowest BCUT2D eigenvalue weighted by Gasteiger charge is -2.19. The second kappa shape index (κ2) is 11.8. The first-order valence-corrected chi connectivity index (χ1v) is 12.1. The van der Waals surface area contributed by atoms with E-state index in [1.807, 2.05) is 56.3 Å². The number of amides is 1. The highest BCUT2D eigenvalue weighted by Crippen LogP contribution is 2.29. The molecule has 0 saturated carbocycles. The molecule has 0 bridgehead atoms. The van der Waals surface area contributed by atoms with Crippen molar-refractivity contribution in [1.82, 2.24) is 0 Å². The third-order valence-corrected chi connectivity index (χ3v) is 6.13. The van der Waals surface area contributed by atoms with Gasteiger partial charge in [0.05, 0.1) is 0 Å². The van der Waals surface area contributed by atoms with Gasteiger partial charge in [-0.05, 0) is 55.2 Å². The first-order chi connectivity index (χ1) is 16.8. The van der Waals surface area contributed by atoms with Crippen LogP contribution in [-0.4, -0.2) is 18.9 Å². The lowest BCUT2D eigenvalue weighted by molar-refractivity contribution is 0.102. The Morgan fingerprint density at radius 2 is 1.74 bits per heavy atom. The van der Waals surface area contributed by atoms with Crippen molar-refractivity contribution in [2.75, 3.05) is 12.4 Å². The molecule has 3 aromatic carbocycles. The summed E-state index contributed by atoms with van der Waals surface area (Å²) < 4.78 is 6.27. The van der Waals surface area contributed by atoms with Gasteiger partial charge in [0.25, 0.3) is 5.91 Å². The van der Waals surface area contributed by atoms with E-state index in [2.05, 4.69) is 42.9 Å². The summed E-state index contributed by atoms with van der Waals surface area (Å²) in [6, 6.07) is 20.9. The van der Waals surface area contributed by atoms with Gasteiger partial charge in [-0.15, -0.1) is 12.6 Å². The van der Waals surface area contributed by atoms with E-state index in [-0.39, 0.29) is 5.91 Å². The first kappa shape index (κ1) is 26.1. The van der Waals surface area contributed by atoms with Crippen molar-refractivity contribution in [1.29, 1.82) is 0 Å². The molecule has 6 heteroatoms. The predicted molar refractivity (Wildman–Crippen MR) is 149 cm³/mol. The lowest BCUT2D eigenvalue weighted by atomic mass is 9.93. The van der Waals surface area contributed by atoms with Crippen molar-refractivity contribution >= 4 is 35.8 Å². The van der Waals surface area contributed by atoms with Gasteiger partial charge >= 0.3 is 0 Å². The van der Waals surface area contributed by atoms with Crippen LogP contribution in [0.5, 0.6) is 5.75 Å². The maximum absolute atomic E-state index is 13.0. The average molecular weight is 488 g/mol. The predicted octanol–water partition coefficient (Wildman–Crippen LogP) is 6.85. The van der Waals surface area contributed by atoms with Gasteiger partial charge in [-0.1, -0.05) is 57.2 Å². The molecule has 0 radical (unpaired) electrons. The van der Waals surface area contributed by atoms with Gasteiger partial charge < -0.3 is 15.8 Å². The fraction of sp³-hybridized carbons (Fsp3) is 0.241. The number of carbonyl (C=O) groups is 1. The van der Waals surface area contributed by atoms with E-state index < -0.39 is 0 Å². The molecule has 1 amide bonds. The quantitative estimate of drug-likeness (QED) is 0.194. The Morgan fingerprint density at radius 1 is 1.06 bits per heavy atom. The molecule has 0 heterocycles. The van der Waals surface area contributed by atoms with Crippen LogP contribution in [0, 0.1) is 6.92 Å². The molecule has 3 aromatic rings. The molecule has 0 unspecified atom stereocenters. The smallest absolute Gasteiger partial charge is 0.256 e. The lowest BCUT2D eigenvalue weighted by Crippen LogP contribution is -2.19. The topological polar surface area (TPSA) is 76.7 Å². The van der Waals surface area contributed by atoms with Crippen LogP contribution in [0.4, 0.5) is 5.69 Å². The summed E-state index contributed by atoms with van der Waals surface area (Å²) in [4.78, 5) is 18.2. The summed E-state index contributed by atoms with van der Waals surface area (Å²) in [5.41, 5.74) is 12.2. The highest BCUT2D eigenvalue weighted by molar-refractivity contribution is 7.80. The van der Waals surface area contributed by atoms with Crippen molar-refractivity contribution in [3.05, 3.63) is 94.6 Å². The third-order valence-electron chi connectivity index (χ3n) is 5.85. The molecule has 0 aliphatic heterocycles. The molecule has 3 N–H and O–H groups in total. The minimum absolute atomic E-state index is 0.224. The van der Waals surface area contributed by atoms with Gasteiger partial charge in [0, 0.05) is 45.6 Å². The summed E-state index contributed by atoms with van der Waals surface area (Å²) in [7, 11) is 1.68. The zero-order chi connectivity index (χ0) is 25.5. The molecule has 0 spiro atoms. The Morgan fingerprint density at radius 3 is 2.40 bits per heavy atom. The monoisotopic (exact) mass is 487 g/mol. The number of hydrogen-bond donors (Lipinski definition) is 3. The minimum Gasteiger partial charge on any atom is -0.439 e. The molecule has 0 fully saturated rings. The maximum atomic E-state index is 13.0. The van der Waals surface area contributed by atoms with Crippen LogP contribution in [0.2, 0.25) is 0 Å². The molecule has 35 heavy (non-hydrogen) atoms. The van der Waals surface area contributed by atoms with E-state index >= 15 is 0 Å². The van der Waals surface area contributed by atoms with E-state index in [1.165, 1.54) is 5.56 Å². The van der Waals surface area contributed by atoms with Gasteiger partial charge in [0.15, 0.2) is 0 Å². The van der Waals surface area contributed by atoms with Crippen LogP contribution in [0.1, 0.15) is 60.2 Å². The van der Waals surface area contributed by atoms with Gasteiger partial charge in [0.2, 0.25) is 5.90 Å². The number of ether oxygens (including phenoxy) is 1. The Kier molecular flexibility index (Phi) is 8.77. The number of rotatable bonds is 7. The van der Waals surface area contributed by atoms with Crippen LogP contribution in [0.25, 0.3) is 5.70 Å². The molecule has 3 rings (SSSR count). The van der Waals surface area contributed by atoms with Crippen molar-refractivity contribution in [3.8, 4) is 5.75 Å². The van der Waals surface area contributed by atoms with Crippen LogP contribution in [0.3, 0.4) is 0 Å². The van der Waals surface area contributed by atoms with E-state index in [4.69, 9.17) is 10.5 Å². The number of anilines is 1. The number of nitrogens with one attached hydrogen (secondary N) is 1. The average Bonchev–Trinajstić information content (AvgIpc) is 2.84. The first-order valence-electron chi connectivity index (χ1n) is 11.7. The standard InChI is InChI=1S/C29H33N3O2S/c1-6-22(27(30)25-14-8-7-13-23(25)18(2)3)29(31-5)34-26-16-10-15-24(19(26)4)28(33)32-20-11-9-12-21(35)17-20/h7-18,35H,6,30H2,1-5H3,(H,32,33)/b27-22-,31-29?. The number of nitrogens with zero attached hydrogens (tertiary/aromatic N) is 1. The summed E-state index contributed by atoms with van der Waals surface area (Å²) in [5, 5.41) is 2.92. The Balaban J connectivity index is 1.94. The fourth-order valence-electron chi connectivity index (χ4n) is 3.96. The van der Waals surface area contributed by atoms with Gasteiger partial charge in [-0.3, -0.25) is 9.79 Å². The van der Waals surface area contributed by atoms with Crippen molar-refractivity contribution in [3.63, 3.8) is 0 Å². The second-order valence-corrected chi connectivity index (χ2v) is 9.07. The number of thiol groups is 1. The van der Waals surface area contributed by atoms with Gasteiger partial charge in [-0.25, -0.2) is 0 Å². The van der Waals surface area contributed by atoms with E-state index in [0.717, 1.165) is 16.0 Å². The second-order valence-electron chi connectivity index (χ2n) is 8.55. The molecule has 182 valence electrons. The van der Waals surface area contributed by atoms with E-state index in [0.29, 0.717) is 46.5 Å². The van der Waals surface area contributed by atoms with Crippen LogP contribution >= 0.6 is 12.6 Å². The molecule has 0 aliphatic carbocycles. The number of aliphatic imine (C=N–C) groups is 1. The molecular weight excluding hydrogens is 454 g/mol. The number of nitrogens with two attached hydrogens (primary N) is 1. The highest BCUT2D eigenvalue weighted by atomic mass is 32.1. The number of carbonyl (C=O) groups excluding carboxylic acids is 1. The number of hydrogen-bond acceptors (Lipinski definition) is 5. The molecule has 0 atom stereocenters. The van der Waals surface area contributed by atoms with Crippen LogP contribution in [-0.2, 0) is 0 Å². The largest absolute Gasteiger partial charge is 0.439 e. The van der Waals surface area contributed by atoms with Crippen molar-refractivity contribution in [2.24, 2.45) is 10.7 Å². The fourth-order valence-corrected chi connectivity index (χ4v) is 4.19. The van der Waals surface area contributed by atoms with Crippen molar-refractivity contribution in [2.45, 2.75) is 44.9 Å². The maximum Gasteiger partial charge on any atom is 0.256 e. The van der Waals surface area contributed by atoms with E-state index in [9.17, 15) is 4.79 Å². The van der Waals surface area contributed by atoms with Crippen LogP contribution < -0.4 is 15.8 Å². The molecule has 0 saturated heterocycles. The normalized spacial score (nSPS) is 12.4. The zero-order valence-electron chi connectivity index (χ0n) is 20.9. The van der Waals surface area contributed by atoms with Crippen molar-refractivity contribution < 1.29 is 9.53 Å². The van der Waals surface area contributed by atoms with Gasteiger partial charge in [0.1, 0.15) is 5.75 Å². The summed E-state index contributed by atoms with van der Waals surface area (Å²) in [6.45, 7) is 8.19. The summed E-state index contributed by atoms with van der Waals surface area (Å²) >= 11 is 4.34. The molecule has 5 nitrogen and oxygen atoms in total. The third kappa shape index (κ3) is 6.14. The Labute approximate surface area is 213 Å². The Bertz CT molecular complexity index is 1280. The summed E-state index contributed by atoms with van der Waals surface area (Å²) in [5.74, 6) is 1.09. The Hall–Kier alpha value is -3.51. The molecular formula is C29H33N3O2S. The van der Waals surface area contributed by atoms with E-state index in [1.54, 1.807) is 25.2 Å². The SMILES string of the molecule is CC/C(C(=NC)Oc1cccc(C(=O)Nc2cccc(S)c2)c1C)=C(/N)c1ccccc1C(C)C. The zero-order valence-corrected chi connectivity index (χ0v) is 21.8.